The summed E-state index contributed by atoms with van der Waals surface area (Å²) in [4.78, 5) is 11.7. The number of carbonyl (C=O) groups is 1. The molecule has 0 aliphatic heterocycles. The molecule has 2 N–H and O–H groups in total. The van der Waals surface area contributed by atoms with Crippen molar-refractivity contribution in [3.05, 3.63) is 42.0 Å². The van der Waals surface area contributed by atoms with Gasteiger partial charge in [0.15, 0.2) is 0 Å². The van der Waals surface area contributed by atoms with Gasteiger partial charge in [-0.3, -0.25) is 4.79 Å². The van der Waals surface area contributed by atoms with E-state index in [1.165, 1.54) is 0 Å². The molecule has 2 atom stereocenters. The Bertz CT molecular complexity index is 408. The first kappa shape index (κ1) is 10.9. The van der Waals surface area contributed by atoms with Crippen molar-refractivity contribution >= 4 is 5.97 Å². The molecule has 0 bridgehead atoms. The molecule has 0 radical (unpaired) electrons. The van der Waals surface area contributed by atoms with Gasteiger partial charge < -0.3 is 10.5 Å². The standard InChI is InChI=1S/C13H15NO2/c1-9-2-6-12(7-3-9)16-13(15)10-4-5-11(14)8-10/h2-7,10-11H,8,14H2,1H3/t10-,11+/m1/s1. The van der Waals surface area contributed by atoms with Gasteiger partial charge in [0.25, 0.3) is 0 Å². The molecule has 0 saturated heterocycles. The van der Waals surface area contributed by atoms with Crippen LogP contribution in [0.5, 0.6) is 5.75 Å². The first-order valence-electron chi connectivity index (χ1n) is 5.37. The lowest BCUT2D eigenvalue weighted by Gasteiger charge is -2.09. The number of nitrogens with two attached hydrogens (primary N) is 1. The molecule has 0 amide bonds. The lowest BCUT2D eigenvalue weighted by atomic mass is 10.1. The van der Waals surface area contributed by atoms with E-state index in [4.69, 9.17) is 10.5 Å². The highest BCUT2D eigenvalue weighted by atomic mass is 16.5. The number of rotatable bonds is 2. The zero-order valence-electron chi connectivity index (χ0n) is 9.22. The lowest BCUT2D eigenvalue weighted by molar-refractivity contribution is -0.137. The van der Waals surface area contributed by atoms with Crippen LogP contribution < -0.4 is 10.5 Å². The van der Waals surface area contributed by atoms with E-state index >= 15 is 0 Å². The van der Waals surface area contributed by atoms with Crippen molar-refractivity contribution < 1.29 is 9.53 Å². The molecule has 1 aliphatic carbocycles. The maximum Gasteiger partial charge on any atom is 0.318 e. The zero-order valence-corrected chi connectivity index (χ0v) is 9.22. The Hall–Kier alpha value is -1.61. The molecule has 0 unspecified atom stereocenters. The molecule has 1 aromatic rings. The fourth-order valence-corrected chi connectivity index (χ4v) is 1.70. The maximum absolute atomic E-state index is 11.7. The van der Waals surface area contributed by atoms with Crippen LogP contribution >= 0.6 is 0 Å². The minimum atomic E-state index is -0.229. The highest BCUT2D eigenvalue weighted by Gasteiger charge is 2.24. The number of carbonyl (C=O) groups excluding carboxylic acids is 1. The minimum Gasteiger partial charge on any atom is -0.426 e. The molecule has 0 heterocycles. The summed E-state index contributed by atoms with van der Waals surface area (Å²) in [6.07, 6.45) is 4.31. The molecule has 0 spiro atoms. The zero-order chi connectivity index (χ0) is 11.5. The molecule has 0 aromatic heterocycles. The van der Waals surface area contributed by atoms with E-state index in [9.17, 15) is 4.79 Å². The highest BCUT2D eigenvalue weighted by molar-refractivity contribution is 5.77. The maximum atomic E-state index is 11.7. The fourth-order valence-electron chi connectivity index (χ4n) is 1.70. The normalized spacial score (nSPS) is 23.4. The predicted molar refractivity (Wildman–Crippen MR) is 62.0 cm³/mol. The van der Waals surface area contributed by atoms with Crippen LogP contribution in [0.4, 0.5) is 0 Å². The molecule has 0 saturated carbocycles. The van der Waals surface area contributed by atoms with Gasteiger partial charge in [0.1, 0.15) is 5.75 Å². The summed E-state index contributed by atoms with van der Waals surface area (Å²) in [5.74, 6) is 0.161. The summed E-state index contributed by atoms with van der Waals surface area (Å²) in [6, 6.07) is 7.41. The Kier molecular flexibility index (Phi) is 3.06. The molecule has 3 nitrogen and oxygen atoms in total. The van der Waals surface area contributed by atoms with Gasteiger partial charge >= 0.3 is 5.97 Å². The van der Waals surface area contributed by atoms with Crippen LogP contribution in [0.15, 0.2) is 36.4 Å². The van der Waals surface area contributed by atoms with Gasteiger partial charge in [-0.15, -0.1) is 0 Å². The first-order valence-corrected chi connectivity index (χ1v) is 5.37. The van der Waals surface area contributed by atoms with Crippen LogP contribution in [0.25, 0.3) is 0 Å². The van der Waals surface area contributed by atoms with E-state index in [-0.39, 0.29) is 17.9 Å². The predicted octanol–water partition coefficient (Wildman–Crippen LogP) is 1.80. The molecule has 2 rings (SSSR count). The Balaban J connectivity index is 1.97. The van der Waals surface area contributed by atoms with Crippen molar-refractivity contribution in [1.82, 2.24) is 0 Å². The second-order valence-corrected chi connectivity index (χ2v) is 4.13. The Morgan fingerprint density at radius 3 is 2.56 bits per heavy atom. The first-order chi connectivity index (χ1) is 7.65. The topological polar surface area (TPSA) is 52.3 Å². The summed E-state index contributed by atoms with van der Waals surface area (Å²) in [5.41, 5.74) is 6.82. The highest BCUT2D eigenvalue weighted by Crippen LogP contribution is 2.20. The molecular formula is C13H15NO2. The quantitative estimate of drug-likeness (QED) is 0.467. The second-order valence-electron chi connectivity index (χ2n) is 4.13. The van der Waals surface area contributed by atoms with Crippen LogP contribution in [0.2, 0.25) is 0 Å². The van der Waals surface area contributed by atoms with Gasteiger partial charge in [-0.05, 0) is 25.5 Å². The van der Waals surface area contributed by atoms with Crippen LogP contribution in [0.1, 0.15) is 12.0 Å². The van der Waals surface area contributed by atoms with E-state index in [2.05, 4.69) is 0 Å². The van der Waals surface area contributed by atoms with E-state index in [0.29, 0.717) is 12.2 Å². The average molecular weight is 217 g/mol. The van der Waals surface area contributed by atoms with Crippen LogP contribution in [-0.2, 0) is 4.79 Å². The summed E-state index contributed by atoms with van der Waals surface area (Å²) >= 11 is 0. The number of hydrogen-bond donors (Lipinski definition) is 1. The van der Waals surface area contributed by atoms with Crippen molar-refractivity contribution in [3.8, 4) is 5.75 Å². The third-order valence-corrected chi connectivity index (χ3v) is 2.66. The third kappa shape index (κ3) is 2.49. The molecular weight excluding hydrogens is 202 g/mol. The number of esters is 1. The van der Waals surface area contributed by atoms with Gasteiger partial charge in [0.05, 0.1) is 5.92 Å². The number of ether oxygens (including phenoxy) is 1. The number of aryl methyl sites for hydroxylation is 1. The van der Waals surface area contributed by atoms with Gasteiger partial charge in [0, 0.05) is 6.04 Å². The molecule has 84 valence electrons. The summed E-state index contributed by atoms with van der Waals surface area (Å²) < 4.78 is 5.26. The Morgan fingerprint density at radius 1 is 1.31 bits per heavy atom. The lowest BCUT2D eigenvalue weighted by Crippen LogP contribution is -2.22. The van der Waals surface area contributed by atoms with E-state index in [1.807, 2.05) is 31.2 Å². The summed E-state index contributed by atoms with van der Waals surface area (Å²) in [6.45, 7) is 1.99. The van der Waals surface area contributed by atoms with Crippen molar-refractivity contribution in [1.29, 1.82) is 0 Å². The Morgan fingerprint density at radius 2 is 2.00 bits per heavy atom. The second kappa shape index (κ2) is 4.49. The number of hydrogen-bond acceptors (Lipinski definition) is 3. The summed E-state index contributed by atoms with van der Waals surface area (Å²) in [5, 5.41) is 0. The van der Waals surface area contributed by atoms with Crippen molar-refractivity contribution in [3.63, 3.8) is 0 Å². The van der Waals surface area contributed by atoms with E-state index < -0.39 is 0 Å². The van der Waals surface area contributed by atoms with Crippen LogP contribution in [0, 0.1) is 12.8 Å². The molecule has 1 aliphatic rings. The smallest absolute Gasteiger partial charge is 0.318 e. The Labute approximate surface area is 94.9 Å². The SMILES string of the molecule is Cc1ccc(OC(=O)[C@@H]2C=C[C@H](N)C2)cc1. The van der Waals surface area contributed by atoms with E-state index in [0.717, 1.165) is 5.56 Å². The fraction of sp³-hybridized carbons (Fsp3) is 0.308. The average Bonchev–Trinajstić information content (AvgIpc) is 2.68. The van der Waals surface area contributed by atoms with Gasteiger partial charge in [-0.1, -0.05) is 29.8 Å². The molecule has 1 aromatic carbocycles. The largest absolute Gasteiger partial charge is 0.426 e. The van der Waals surface area contributed by atoms with Crippen molar-refractivity contribution in [2.75, 3.05) is 0 Å². The van der Waals surface area contributed by atoms with Gasteiger partial charge in [-0.25, -0.2) is 0 Å². The third-order valence-electron chi connectivity index (χ3n) is 2.66. The molecule has 0 fully saturated rings. The van der Waals surface area contributed by atoms with Crippen LogP contribution in [0.3, 0.4) is 0 Å². The van der Waals surface area contributed by atoms with Gasteiger partial charge in [-0.2, -0.15) is 0 Å². The molecule has 16 heavy (non-hydrogen) atoms. The monoisotopic (exact) mass is 217 g/mol. The molecule has 3 heteroatoms. The van der Waals surface area contributed by atoms with Crippen molar-refractivity contribution in [2.24, 2.45) is 11.7 Å². The minimum absolute atomic E-state index is 0.0180. The van der Waals surface area contributed by atoms with Crippen molar-refractivity contribution in [2.45, 2.75) is 19.4 Å². The van der Waals surface area contributed by atoms with Crippen LogP contribution in [-0.4, -0.2) is 12.0 Å². The van der Waals surface area contributed by atoms with E-state index in [1.54, 1.807) is 12.1 Å². The number of benzene rings is 1. The van der Waals surface area contributed by atoms with Gasteiger partial charge in [0.2, 0.25) is 0 Å². The summed E-state index contributed by atoms with van der Waals surface area (Å²) in [7, 11) is 0.